The van der Waals surface area contributed by atoms with Crippen molar-refractivity contribution in [2.75, 3.05) is 6.54 Å². The summed E-state index contributed by atoms with van der Waals surface area (Å²) in [5.41, 5.74) is 0.255. The Labute approximate surface area is 129 Å². The Balaban J connectivity index is 2.23. The van der Waals surface area contributed by atoms with Crippen molar-refractivity contribution in [2.45, 2.75) is 45.1 Å². The van der Waals surface area contributed by atoms with Crippen molar-refractivity contribution in [2.24, 2.45) is 0 Å². The van der Waals surface area contributed by atoms with Gasteiger partial charge in [-0.25, -0.2) is 0 Å². The first-order chi connectivity index (χ1) is 10.0. The maximum Gasteiger partial charge on any atom is 0.270 e. The van der Waals surface area contributed by atoms with Crippen molar-refractivity contribution >= 4 is 23.2 Å². The number of halogens is 1. The number of nitro benzene ring substituents is 1. The Hall–Kier alpha value is -1.62. The first kappa shape index (κ1) is 15.8. The number of likely N-dealkylation sites (tertiary alicyclic amines) is 1. The average molecular weight is 311 g/mol. The van der Waals surface area contributed by atoms with Crippen molar-refractivity contribution in [3.63, 3.8) is 0 Å². The Morgan fingerprint density at radius 1 is 1.48 bits per heavy atom. The third-order valence-electron chi connectivity index (χ3n) is 3.90. The van der Waals surface area contributed by atoms with E-state index in [-0.39, 0.29) is 22.7 Å². The number of benzene rings is 1. The number of carbonyl (C=O) groups is 1. The van der Waals surface area contributed by atoms with Crippen molar-refractivity contribution < 1.29 is 9.72 Å². The molecular formula is C15H19ClN2O3. The van der Waals surface area contributed by atoms with Gasteiger partial charge in [0.2, 0.25) is 0 Å². The van der Waals surface area contributed by atoms with Gasteiger partial charge in [-0.3, -0.25) is 14.9 Å². The second-order valence-electron chi connectivity index (χ2n) is 5.36. The molecule has 1 aliphatic rings. The van der Waals surface area contributed by atoms with Crippen molar-refractivity contribution in [1.29, 1.82) is 0 Å². The maximum absolute atomic E-state index is 12.7. The number of piperidine rings is 1. The minimum absolute atomic E-state index is 0.0969. The second kappa shape index (κ2) is 6.89. The zero-order valence-electron chi connectivity index (χ0n) is 12.0. The van der Waals surface area contributed by atoms with Crippen LogP contribution >= 0.6 is 11.6 Å². The lowest BCUT2D eigenvalue weighted by Crippen LogP contribution is -2.43. The molecule has 1 amide bonds. The number of hydrogen-bond donors (Lipinski definition) is 0. The zero-order chi connectivity index (χ0) is 15.4. The molecule has 0 spiro atoms. The van der Waals surface area contributed by atoms with Gasteiger partial charge in [0.05, 0.1) is 15.5 Å². The molecule has 1 atom stereocenters. The topological polar surface area (TPSA) is 63.5 Å². The first-order valence-electron chi connectivity index (χ1n) is 7.29. The number of nitrogens with zero attached hydrogens (tertiary/aromatic N) is 2. The molecule has 0 saturated carbocycles. The lowest BCUT2D eigenvalue weighted by molar-refractivity contribution is -0.384. The molecule has 114 valence electrons. The number of nitro groups is 1. The van der Waals surface area contributed by atoms with Crippen LogP contribution in [0.25, 0.3) is 0 Å². The van der Waals surface area contributed by atoms with Gasteiger partial charge in [0.15, 0.2) is 0 Å². The summed E-state index contributed by atoms with van der Waals surface area (Å²) in [5.74, 6) is -0.118. The van der Waals surface area contributed by atoms with Crippen molar-refractivity contribution in [1.82, 2.24) is 4.90 Å². The third kappa shape index (κ3) is 3.53. The summed E-state index contributed by atoms with van der Waals surface area (Å²) in [6.07, 6.45) is 5.17. The summed E-state index contributed by atoms with van der Waals surface area (Å²) in [7, 11) is 0. The monoisotopic (exact) mass is 310 g/mol. The molecule has 6 heteroatoms. The van der Waals surface area contributed by atoms with Gasteiger partial charge in [0.1, 0.15) is 0 Å². The Bertz CT molecular complexity index is 546. The zero-order valence-corrected chi connectivity index (χ0v) is 12.8. The fourth-order valence-electron chi connectivity index (χ4n) is 2.85. The van der Waals surface area contributed by atoms with E-state index < -0.39 is 4.92 Å². The summed E-state index contributed by atoms with van der Waals surface area (Å²) in [5, 5.41) is 10.9. The standard InChI is InChI=1S/C15H19ClN2O3/c1-2-5-11-6-3-4-9-17(11)15(19)13-8-7-12(18(20)21)10-14(13)16/h7-8,10-11H,2-6,9H2,1H3. The largest absolute Gasteiger partial charge is 0.336 e. The van der Waals surface area contributed by atoms with E-state index in [0.717, 1.165) is 38.6 Å². The minimum atomic E-state index is -0.513. The molecule has 1 aromatic carbocycles. The van der Waals surface area contributed by atoms with Crippen LogP contribution in [-0.2, 0) is 0 Å². The van der Waals surface area contributed by atoms with E-state index >= 15 is 0 Å². The van der Waals surface area contributed by atoms with E-state index in [2.05, 4.69) is 6.92 Å². The molecule has 21 heavy (non-hydrogen) atoms. The fourth-order valence-corrected chi connectivity index (χ4v) is 3.10. The van der Waals surface area contributed by atoms with Crippen LogP contribution in [0.4, 0.5) is 5.69 Å². The Morgan fingerprint density at radius 3 is 2.86 bits per heavy atom. The van der Waals surface area contributed by atoms with Gasteiger partial charge >= 0.3 is 0 Å². The molecule has 5 nitrogen and oxygen atoms in total. The normalized spacial score (nSPS) is 18.6. The highest BCUT2D eigenvalue weighted by Crippen LogP contribution is 2.27. The summed E-state index contributed by atoms with van der Waals surface area (Å²) in [6, 6.07) is 4.29. The van der Waals surface area contributed by atoms with Crippen molar-refractivity contribution in [3.05, 3.63) is 38.9 Å². The molecular weight excluding hydrogens is 292 g/mol. The van der Waals surface area contributed by atoms with E-state index in [1.54, 1.807) is 0 Å². The molecule has 0 N–H and O–H groups in total. The predicted molar refractivity (Wildman–Crippen MR) is 81.7 cm³/mol. The number of rotatable bonds is 4. The number of amides is 1. The van der Waals surface area contributed by atoms with E-state index in [1.807, 2.05) is 4.90 Å². The molecule has 1 aromatic rings. The van der Waals surface area contributed by atoms with Gasteiger partial charge in [-0.15, -0.1) is 0 Å². The Morgan fingerprint density at radius 2 is 2.24 bits per heavy atom. The summed E-state index contributed by atoms with van der Waals surface area (Å²) < 4.78 is 0. The molecule has 1 unspecified atom stereocenters. The smallest absolute Gasteiger partial charge is 0.270 e. The van der Waals surface area contributed by atoms with E-state index in [4.69, 9.17) is 11.6 Å². The molecule has 1 saturated heterocycles. The van der Waals surface area contributed by atoms with Crippen LogP contribution in [-0.4, -0.2) is 28.3 Å². The third-order valence-corrected chi connectivity index (χ3v) is 4.22. The molecule has 2 rings (SSSR count). The first-order valence-corrected chi connectivity index (χ1v) is 7.67. The van der Waals surface area contributed by atoms with Gasteiger partial charge in [-0.1, -0.05) is 24.9 Å². The summed E-state index contributed by atoms with van der Waals surface area (Å²) >= 11 is 6.06. The second-order valence-corrected chi connectivity index (χ2v) is 5.77. The number of non-ortho nitro benzene ring substituents is 1. The van der Waals surface area contributed by atoms with Crippen LogP contribution in [0, 0.1) is 10.1 Å². The SMILES string of the molecule is CCCC1CCCCN1C(=O)c1ccc([N+](=O)[O-])cc1Cl. The lowest BCUT2D eigenvalue weighted by atomic mass is 9.97. The average Bonchev–Trinajstić information content (AvgIpc) is 2.47. The van der Waals surface area contributed by atoms with Crippen molar-refractivity contribution in [3.8, 4) is 0 Å². The highest BCUT2D eigenvalue weighted by Gasteiger charge is 2.28. The van der Waals surface area contributed by atoms with E-state index in [9.17, 15) is 14.9 Å². The van der Waals surface area contributed by atoms with Crippen LogP contribution < -0.4 is 0 Å². The number of hydrogen-bond acceptors (Lipinski definition) is 3. The van der Waals surface area contributed by atoms with Gasteiger partial charge in [0.25, 0.3) is 11.6 Å². The van der Waals surface area contributed by atoms with Crippen LogP contribution in [0.5, 0.6) is 0 Å². The minimum Gasteiger partial charge on any atom is -0.336 e. The van der Waals surface area contributed by atoms with Gasteiger partial charge < -0.3 is 4.90 Å². The summed E-state index contributed by atoms with van der Waals surface area (Å²) in [4.78, 5) is 24.7. The Kier molecular flexibility index (Phi) is 5.17. The van der Waals surface area contributed by atoms with E-state index in [1.165, 1.54) is 18.2 Å². The highest BCUT2D eigenvalue weighted by molar-refractivity contribution is 6.34. The van der Waals surface area contributed by atoms with Gasteiger partial charge in [-0.05, 0) is 31.7 Å². The van der Waals surface area contributed by atoms with Crippen LogP contribution in [0.2, 0.25) is 5.02 Å². The van der Waals surface area contributed by atoms with Crippen LogP contribution in [0.1, 0.15) is 49.4 Å². The highest BCUT2D eigenvalue weighted by atomic mass is 35.5. The quantitative estimate of drug-likeness (QED) is 0.622. The van der Waals surface area contributed by atoms with Crippen LogP contribution in [0.3, 0.4) is 0 Å². The molecule has 1 fully saturated rings. The molecule has 1 aliphatic heterocycles. The lowest BCUT2D eigenvalue weighted by Gasteiger charge is -2.36. The molecule has 1 heterocycles. The molecule has 0 aliphatic carbocycles. The van der Waals surface area contributed by atoms with Gasteiger partial charge in [-0.2, -0.15) is 0 Å². The molecule has 0 aromatic heterocycles. The molecule has 0 radical (unpaired) electrons. The van der Waals surface area contributed by atoms with E-state index in [0.29, 0.717) is 5.56 Å². The van der Waals surface area contributed by atoms with Gasteiger partial charge in [0, 0.05) is 24.7 Å². The maximum atomic E-state index is 12.7. The molecule has 0 bridgehead atoms. The fraction of sp³-hybridized carbons (Fsp3) is 0.533. The predicted octanol–water partition coefficient (Wildman–Crippen LogP) is 4.04. The van der Waals surface area contributed by atoms with Crippen LogP contribution in [0.15, 0.2) is 18.2 Å². The summed E-state index contributed by atoms with van der Waals surface area (Å²) in [6.45, 7) is 2.84. The number of carbonyl (C=O) groups excluding carboxylic acids is 1.